The van der Waals surface area contributed by atoms with Crippen LogP contribution in [0.1, 0.15) is 45.7 Å². The van der Waals surface area contributed by atoms with Crippen molar-refractivity contribution in [2.45, 2.75) is 39.8 Å². The third kappa shape index (κ3) is 3.31. The fourth-order valence-corrected chi connectivity index (χ4v) is 2.99. The van der Waals surface area contributed by atoms with E-state index < -0.39 is 13.0 Å². The maximum absolute atomic E-state index is 12.7. The lowest BCUT2D eigenvalue weighted by Crippen LogP contribution is -2.27. The van der Waals surface area contributed by atoms with Crippen LogP contribution in [0.4, 0.5) is 8.78 Å². The molecule has 0 radical (unpaired) electrons. The predicted molar refractivity (Wildman–Crippen MR) is 87.7 cm³/mol. The fraction of sp³-hybridized carbons (Fsp3) is 0.389. The molecule has 3 heterocycles. The molecule has 0 saturated heterocycles. The first-order chi connectivity index (χ1) is 11.9. The van der Waals surface area contributed by atoms with Gasteiger partial charge in [-0.15, -0.1) is 0 Å². The summed E-state index contributed by atoms with van der Waals surface area (Å²) in [7, 11) is 0. The molecule has 1 amide bonds. The van der Waals surface area contributed by atoms with Gasteiger partial charge in [-0.25, -0.2) is 13.8 Å². The molecule has 1 aliphatic rings. The number of amides is 1. The number of aromatic nitrogens is 2. The van der Waals surface area contributed by atoms with Crippen LogP contribution in [-0.4, -0.2) is 33.8 Å². The molecule has 0 spiro atoms. The third-order valence-corrected chi connectivity index (χ3v) is 4.44. The van der Waals surface area contributed by atoms with Crippen LogP contribution in [0.5, 0.6) is 5.88 Å². The van der Waals surface area contributed by atoms with Crippen LogP contribution in [0.3, 0.4) is 0 Å². The summed E-state index contributed by atoms with van der Waals surface area (Å²) >= 11 is 0. The standard InChI is InChI=1S/C18H19F2N3O2/c1-10-6-13(7-22-17(10)25-9-16(19)20)12(3)23-8-15-11(2)21-5-4-14(15)18(23)24/h4-7,12,16H,8-9H2,1-3H3. The molecule has 132 valence electrons. The lowest BCUT2D eigenvalue weighted by molar-refractivity contribution is 0.0713. The van der Waals surface area contributed by atoms with Crippen molar-refractivity contribution >= 4 is 5.91 Å². The molecule has 2 aromatic heterocycles. The van der Waals surface area contributed by atoms with Crippen molar-refractivity contribution < 1.29 is 18.3 Å². The summed E-state index contributed by atoms with van der Waals surface area (Å²) in [6, 6.07) is 3.36. The van der Waals surface area contributed by atoms with Gasteiger partial charge in [0.1, 0.15) is 0 Å². The van der Waals surface area contributed by atoms with Gasteiger partial charge in [-0.05, 0) is 38.5 Å². The van der Waals surface area contributed by atoms with Crippen LogP contribution in [0.15, 0.2) is 24.5 Å². The van der Waals surface area contributed by atoms with E-state index in [2.05, 4.69) is 9.97 Å². The van der Waals surface area contributed by atoms with Crippen LogP contribution >= 0.6 is 0 Å². The van der Waals surface area contributed by atoms with E-state index in [1.807, 2.05) is 19.9 Å². The first kappa shape index (κ1) is 17.3. The lowest BCUT2D eigenvalue weighted by Gasteiger charge is -2.25. The quantitative estimate of drug-likeness (QED) is 0.831. The molecule has 0 bridgehead atoms. The van der Waals surface area contributed by atoms with E-state index in [1.54, 1.807) is 30.3 Å². The monoisotopic (exact) mass is 347 g/mol. The molecule has 7 heteroatoms. The topological polar surface area (TPSA) is 55.3 Å². The Hall–Kier alpha value is -2.57. The molecular weight excluding hydrogens is 328 g/mol. The highest BCUT2D eigenvalue weighted by Crippen LogP contribution is 2.32. The van der Waals surface area contributed by atoms with Gasteiger partial charge in [-0.1, -0.05) is 0 Å². The number of carbonyl (C=O) groups is 1. The van der Waals surface area contributed by atoms with E-state index >= 15 is 0 Å². The zero-order valence-corrected chi connectivity index (χ0v) is 14.3. The second-order valence-electron chi connectivity index (χ2n) is 6.12. The molecule has 1 aliphatic heterocycles. The second kappa shape index (κ2) is 6.74. The van der Waals surface area contributed by atoms with Crippen LogP contribution < -0.4 is 4.74 Å². The van der Waals surface area contributed by atoms with Crippen molar-refractivity contribution in [1.82, 2.24) is 14.9 Å². The first-order valence-electron chi connectivity index (χ1n) is 8.01. The van der Waals surface area contributed by atoms with Gasteiger partial charge < -0.3 is 9.64 Å². The maximum Gasteiger partial charge on any atom is 0.272 e. The highest BCUT2D eigenvalue weighted by atomic mass is 19.3. The summed E-state index contributed by atoms with van der Waals surface area (Å²) in [5, 5.41) is 0. The molecule has 25 heavy (non-hydrogen) atoms. The Labute approximate surface area is 144 Å². The number of hydrogen-bond donors (Lipinski definition) is 0. The highest BCUT2D eigenvalue weighted by Gasteiger charge is 2.32. The molecule has 3 rings (SSSR count). The van der Waals surface area contributed by atoms with Crippen molar-refractivity contribution in [2.75, 3.05) is 6.61 Å². The highest BCUT2D eigenvalue weighted by molar-refractivity contribution is 5.98. The molecule has 0 aromatic carbocycles. The smallest absolute Gasteiger partial charge is 0.272 e. The molecule has 0 saturated carbocycles. The zero-order valence-electron chi connectivity index (χ0n) is 14.3. The van der Waals surface area contributed by atoms with Crippen molar-refractivity contribution in [3.8, 4) is 5.88 Å². The molecule has 0 N–H and O–H groups in total. The van der Waals surface area contributed by atoms with Crippen molar-refractivity contribution in [2.24, 2.45) is 0 Å². The van der Waals surface area contributed by atoms with Gasteiger partial charge in [0.25, 0.3) is 12.3 Å². The number of carbonyl (C=O) groups excluding carboxylic acids is 1. The maximum atomic E-state index is 12.7. The van der Waals surface area contributed by atoms with E-state index in [9.17, 15) is 13.6 Å². The zero-order chi connectivity index (χ0) is 18.1. The minimum absolute atomic E-state index is 0.0383. The van der Waals surface area contributed by atoms with Crippen LogP contribution in [0, 0.1) is 13.8 Å². The Bertz CT molecular complexity index is 811. The minimum Gasteiger partial charge on any atom is -0.471 e. The van der Waals surface area contributed by atoms with Gasteiger partial charge in [0, 0.05) is 41.3 Å². The molecule has 5 nitrogen and oxygen atoms in total. The Morgan fingerprint density at radius 2 is 2.08 bits per heavy atom. The van der Waals surface area contributed by atoms with E-state index in [0.29, 0.717) is 17.7 Å². The number of aryl methyl sites for hydroxylation is 2. The second-order valence-corrected chi connectivity index (χ2v) is 6.12. The Morgan fingerprint density at radius 3 is 2.72 bits per heavy atom. The average Bonchev–Trinajstić information content (AvgIpc) is 2.91. The van der Waals surface area contributed by atoms with Gasteiger partial charge in [-0.2, -0.15) is 0 Å². The third-order valence-electron chi connectivity index (χ3n) is 4.44. The van der Waals surface area contributed by atoms with Crippen molar-refractivity contribution in [1.29, 1.82) is 0 Å². The van der Waals surface area contributed by atoms with Crippen molar-refractivity contribution in [3.05, 3.63) is 52.5 Å². The molecule has 2 aromatic rings. The Kier molecular flexibility index (Phi) is 4.65. The van der Waals surface area contributed by atoms with E-state index in [0.717, 1.165) is 16.8 Å². The van der Waals surface area contributed by atoms with Gasteiger partial charge in [-0.3, -0.25) is 9.78 Å². The summed E-state index contributed by atoms with van der Waals surface area (Å²) in [6.07, 6.45) is 0.665. The normalized spacial score (nSPS) is 14.8. The molecule has 0 aliphatic carbocycles. The number of nitrogens with zero attached hydrogens (tertiary/aromatic N) is 3. The van der Waals surface area contributed by atoms with Gasteiger partial charge in [0.05, 0.1) is 6.04 Å². The SMILES string of the molecule is Cc1cc(C(C)N2Cc3c(ccnc3C)C2=O)cnc1OCC(F)F. The molecule has 1 unspecified atom stereocenters. The summed E-state index contributed by atoms with van der Waals surface area (Å²) in [5.74, 6) is 0.149. The first-order valence-corrected chi connectivity index (χ1v) is 8.01. The minimum atomic E-state index is -2.54. The number of ether oxygens (including phenoxy) is 1. The van der Waals surface area contributed by atoms with Crippen molar-refractivity contribution in [3.63, 3.8) is 0 Å². The van der Waals surface area contributed by atoms with Crippen LogP contribution in [-0.2, 0) is 6.54 Å². The number of pyridine rings is 2. The average molecular weight is 347 g/mol. The number of alkyl halides is 2. The summed E-state index contributed by atoms with van der Waals surface area (Å²) in [6.45, 7) is 5.37. The number of fused-ring (bicyclic) bond motifs is 1. The van der Waals surface area contributed by atoms with E-state index in [1.165, 1.54) is 0 Å². The molecule has 0 fully saturated rings. The van der Waals surface area contributed by atoms with Crippen LogP contribution in [0.2, 0.25) is 0 Å². The Morgan fingerprint density at radius 1 is 1.32 bits per heavy atom. The fourth-order valence-electron chi connectivity index (χ4n) is 2.99. The largest absolute Gasteiger partial charge is 0.471 e. The number of rotatable bonds is 5. The number of hydrogen-bond acceptors (Lipinski definition) is 4. The van der Waals surface area contributed by atoms with Gasteiger partial charge >= 0.3 is 0 Å². The predicted octanol–water partition coefficient (Wildman–Crippen LogP) is 3.45. The van der Waals surface area contributed by atoms with Gasteiger partial charge in [0.15, 0.2) is 6.61 Å². The van der Waals surface area contributed by atoms with Crippen LogP contribution in [0.25, 0.3) is 0 Å². The summed E-state index contributed by atoms with van der Waals surface area (Å²) in [4.78, 5) is 22.8. The van der Waals surface area contributed by atoms with Gasteiger partial charge in [0.2, 0.25) is 5.88 Å². The number of halogens is 2. The summed E-state index contributed by atoms with van der Waals surface area (Å²) < 4.78 is 29.5. The molecular formula is C18H19F2N3O2. The Balaban J connectivity index is 1.80. The molecule has 1 atom stereocenters. The lowest BCUT2D eigenvalue weighted by atomic mass is 10.1. The summed E-state index contributed by atoms with van der Waals surface area (Å²) in [5.41, 5.74) is 3.97. The van der Waals surface area contributed by atoms with E-state index in [4.69, 9.17) is 4.74 Å². The van der Waals surface area contributed by atoms with E-state index in [-0.39, 0.29) is 17.8 Å².